The van der Waals surface area contributed by atoms with Gasteiger partial charge in [0.15, 0.2) is 5.82 Å². The lowest BCUT2D eigenvalue weighted by molar-refractivity contribution is 0.0696. The van der Waals surface area contributed by atoms with Crippen LogP contribution in [0, 0.1) is 13.8 Å². The molecule has 0 saturated heterocycles. The van der Waals surface area contributed by atoms with Crippen LogP contribution in [0.25, 0.3) is 5.82 Å². The third-order valence-corrected chi connectivity index (χ3v) is 2.44. The summed E-state index contributed by atoms with van der Waals surface area (Å²) in [5.41, 5.74) is 1.32. The van der Waals surface area contributed by atoms with Crippen molar-refractivity contribution in [2.45, 2.75) is 13.8 Å². The van der Waals surface area contributed by atoms with Crippen LogP contribution in [0.1, 0.15) is 21.6 Å². The zero-order chi connectivity index (χ0) is 12.6. The second kappa shape index (κ2) is 4.14. The first-order chi connectivity index (χ1) is 7.99. The number of hydrogen-bond acceptors (Lipinski definition) is 4. The Labute approximate surface area is 102 Å². The minimum absolute atomic E-state index is 0.0932. The number of carboxylic acids is 1. The van der Waals surface area contributed by atoms with E-state index < -0.39 is 5.97 Å². The number of aromatic nitrogens is 4. The van der Waals surface area contributed by atoms with E-state index in [2.05, 4.69) is 15.1 Å². The van der Waals surface area contributed by atoms with E-state index in [1.165, 1.54) is 10.9 Å². The smallest absolute Gasteiger partial charge is 0.339 e. The van der Waals surface area contributed by atoms with Crippen molar-refractivity contribution in [2.24, 2.45) is 0 Å². The average Bonchev–Trinajstić information content (AvgIpc) is 2.64. The molecule has 0 unspecified atom stereocenters. The highest BCUT2D eigenvalue weighted by atomic mass is 35.5. The third kappa shape index (κ3) is 2.12. The van der Waals surface area contributed by atoms with Gasteiger partial charge in [-0.25, -0.2) is 14.5 Å². The maximum Gasteiger partial charge on any atom is 0.339 e. The van der Waals surface area contributed by atoms with E-state index in [-0.39, 0.29) is 10.8 Å². The van der Waals surface area contributed by atoms with Gasteiger partial charge in [0.2, 0.25) is 5.28 Å². The Kier molecular flexibility index (Phi) is 2.81. The molecule has 0 radical (unpaired) electrons. The molecule has 88 valence electrons. The van der Waals surface area contributed by atoms with Gasteiger partial charge in [0.1, 0.15) is 5.56 Å². The minimum Gasteiger partial charge on any atom is -0.478 e. The molecule has 2 rings (SSSR count). The molecule has 17 heavy (non-hydrogen) atoms. The molecule has 0 saturated carbocycles. The number of carbonyl (C=O) groups is 1. The molecular weight excluding hydrogens is 244 g/mol. The maximum atomic E-state index is 10.9. The number of aryl methyl sites for hydroxylation is 2. The molecule has 0 aliphatic heterocycles. The van der Waals surface area contributed by atoms with Crippen molar-refractivity contribution in [3.8, 4) is 5.82 Å². The molecule has 2 aromatic rings. The van der Waals surface area contributed by atoms with Gasteiger partial charge in [0, 0.05) is 18.0 Å². The molecule has 0 fully saturated rings. The monoisotopic (exact) mass is 252 g/mol. The fourth-order valence-electron chi connectivity index (χ4n) is 1.42. The Morgan fingerprint density at radius 3 is 2.76 bits per heavy atom. The van der Waals surface area contributed by atoms with Crippen LogP contribution in [0.2, 0.25) is 5.28 Å². The molecule has 0 aromatic carbocycles. The van der Waals surface area contributed by atoms with Crippen LogP contribution in [0.3, 0.4) is 0 Å². The predicted octanol–water partition coefficient (Wildman–Crippen LogP) is 1.63. The number of hydrogen-bond donors (Lipinski definition) is 1. The molecule has 1 N–H and O–H groups in total. The largest absolute Gasteiger partial charge is 0.478 e. The summed E-state index contributed by atoms with van der Waals surface area (Å²) in [7, 11) is 0. The highest BCUT2D eigenvalue weighted by Gasteiger charge is 2.14. The van der Waals surface area contributed by atoms with Crippen LogP contribution in [0.5, 0.6) is 0 Å². The predicted molar refractivity (Wildman–Crippen MR) is 60.6 cm³/mol. The highest BCUT2D eigenvalue weighted by molar-refractivity contribution is 6.28. The van der Waals surface area contributed by atoms with Gasteiger partial charge < -0.3 is 5.11 Å². The summed E-state index contributed by atoms with van der Waals surface area (Å²) in [4.78, 5) is 18.8. The number of rotatable bonds is 2. The fourth-order valence-corrected chi connectivity index (χ4v) is 1.55. The second-order valence-electron chi connectivity index (χ2n) is 3.52. The van der Waals surface area contributed by atoms with Gasteiger partial charge >= 0.3 is 5.97 Å². The number of nitrogens with zero attached hydrogens (tertiary/aromatic N) is 4. The van der Waals surface area contributed by atoms with Crippen LogP contribution >= 0.6 is 11.6 Å². The maximum absolute atomic E-state index is 10.9. The van der Waals surface area contributed by atoms with Gasteiger partial charge in [-0.15, -0.1) is 0 Å². The van der Waals surface area contributed by atoms with E-state index in [1.54, 1.807) is 20.0 Å². The standard InChI is InChI=1S/C10H9ClN4O2/c1-5-3-12-10(11)13-8(5)15-4-7(9(16)17)6(2)14-15/h3-4H,1-2H3,(H,16,17). The fraction of sp³-hybridized carbons (Fsp3) is 0.200. The summed E-state index contributed by atoms with van der Waals surface area (Å²) in [5, 5.41) is 13.1. The minimum atomic E-state index is -1.02. The lowest BCUT2D eigenvalue weighted by Gasteiger charge is -2.03. The molecule has 0 aliphatic carbocycles. The van der Waals surface area contributed by atoms with E-state index in [9.17, 15) is 4.79 Å². The normalized spacial score (nSPS) is 10.5. The van der Waals surface area contributed by atoms with Crippen molar-refractivity contribution >= 4 is 17.6 Å². The van der Waals surface area contributed by atoms with Gasteiger partial charge in [0.25, 0.3) is 0 Å². The Hall–Kier alpha value is -1.95. The van der Waals surface area contributed by atoms with Gasteiger partial charge in [-0.3, -0.25) is 0 Å². The molecular formula is C10H9ClN4O2. The molecule has 6 nitrogen and oxygen atoms in total. The highest BCUT2D eigenvalue weighted by Crippen LogP contribution is 2.14. The van der Waals surface area contributed by atoms with Crippen molar-refractivity contribution in [1.82, 2.24) is 19.7 Å². The van der Waals surface area contributed by atoms with Crippen molar-refractivity contribution in [3.05, 3.63) is 34.5 Å². The van der Waals surface area contributed by atoms with Crippen molar-refractivity contribution in [3.63, 3.8) is 0 Å². The average molecular weight is 253 g/mol. The zero-order valence-corrected chi connectivity index (χ0v) is 9.93. The van der Waals surface area contributed by atoms with Crippen LogP contribution in [0.4, 0.5) is 0 Å². The van der Waals surface area contributed by atoms with E-state index in [0.717, 1.165) is 5.56 Å². The number of aromatic carboxylic acids is 1. The van der Waals surface area contributed by atoms with Crippen molar-refractivity contribution in [2.75, 3.05) is 0 Å². The number of carboxylic acid groups (broad SMARTS) is 1. The quantitative estimate of drug-likeness (QED) is 0.822. The van der Waals surface area contributed by atoms with Crippen LogP contribution in [0.15, 0.2) is 12.4 Å². The van der Waals surface area contributed by atoms with Gasteiger partial charge in [0.05, 0.1) is 5.69 Å². The van der Waals surface area contributed by atoms with Gasteiger partial charge in [-0.1, -0.05) is 0 Å². The lowest BCUT2D eigenvalue weighted by Crippen LogP contribution is -2.02. The number of halogens is 1. The summed E-state index contributed by atoms with van der Waals surface area (Å²) in [5.74, 6) is -0.549. The molecule has 0 aliphatic rings. The van der Waals surface area contributed by atoms with E-state index in [0.29, 0.717) is 11.5 Å². The van der Waals surface area contributed by atoms with Crippen LogP contribution in [-0.4, -0.2) is 30.8 Å². The molecule has 0 spiro atoms. The first kappa shape index (κ1) is 11.5. The van der Waals surface area contributed by atoms with Crippen LogP contribution < -0.4 is 0 Å². The molecule has 2 aromatic heterocycles. The van der Waals surface area contributed by atoms with Crippen molar-refractivity contribution < 1.29 is 9.90 Å². The summed E-state index contributed by atoms with van der Waals surface area (Å²) < 4.78 is 1.39. The Morgan fingerprint density at radius 2 is 2.18 bits per heavy atom. The summed E-state index contributed by atoms with van der Waals surface area (Å²) in [6, 6.07) is 0. The third-order valence-electron chi connectivity index (χ3n) is 2.26. The van der Waals surface area contributed by atoms with Crippen LogP contribution in [-0.2, 0) is 0 Å². The SMILES string of the molecule is Cc1cnc(Cl)nc1-n1cc(C(=O)O)c(C)n1. The van der Waals surface area contributed by atoms with E-state index in [1.807, 2.05) is 0 Å². The van der Waals surface area contributed by atoms with Gasteiger partial charge in [-0.05, 0) is 25.4 Å². The lowest BCUT2D eigenvalue weighted by atomic mass is 10.3. The topological polar surface area (TPSA) is 80.9 Å². The van der Waals surface area contributed by atoms with Crippen molar-refractivity contribution in [1.29, 1.82) is 0 Å². The molecule has 0 amide bonds. The second-order valence-corrected chi connectivity index (χ2v) is 3.86. The van der Waals surface area contributed by atoms with Gasteiger partial charge in [-0.2, -0.15) is 10.1 Å². The Balaban J connectivity index is 2.57. The first-order valence-electron chi connectivity index (χ1n) is 4.78. The summed E-state index contributed by atoms with van der Waals surface area (Å²) in [6.45, 7) is 3.42. The molecule has 0 bridgehead atoms. The Morgan fingerprint density at radius 1 is 1.47 bits per heavy atom. The zero-order valence-electron chi connectivity index (χ0n) is 9.18. The Bertz CT molecular complexity index is 594. The summed E-state index contributed by atoms with van der Waals surface area (Å²) in [6.07, 6.45) is 2.96. The molecule has 7 heteroatoms. The first-order valence-corrected chi connectivity index (χ1v) is 5.16. The molecule has 2 heterocycles. The van der Waals surface area contributed by atoms with E-state index >= 15 is 0 Å². The summed E-state index contributed by atoms with van der Waals surface area (Å²) >= 11 is 5.70. The molecule has 0 atom stereocenters. The van der Waals surface area contributed by atoms with E-state index in [4.69, 9.17) is 16.7 Å².